The van der Waals surface area contributed by atoms with E-state index in [1.54, 1.807) is 0 Å². The summed E-state index contributed by atoms with van der Waals surface area (Å²) >= 11 is 0. The van der Waals surface area contributed by atoms with Crippen LogP contribution in [0.15, 0.2) is 223 Å². The molecule has 1 aliphatic heterocycles. The number of para-hydroxylation sites is 1. The van der Waals surface area contributed by atoms with E-state index >= 15 is 0 Å². The van der Waals surface area contributed by atoms with Gasteiger partial charge in [0.1, 0.15) is 16.9 Å². The fourth-order valence-corrected chi connectivity index (χ4v) is 9.20. The Bertz CT molecular complexity index is 3410. The molecule has 0 radical (unpaired) electrons. The van der Waals surface area contributed by atoms with E-state index in [4.69, 9.17) is 19.5 Å². The number of benzene rings is 7. The smallest absolute Gasteiger partial charge is 0.160 e. The highest BCUT2D eigenvalue weighted by atomic mass is 16.3. The fraction of sp³-hybridized carbons (Fsp3) is 0.0351. The number of nitrogens with zero attached hydrogens (tertiary/aromatic N) is 4. The summed E-state index contributed by atoms with van der Waals surface area (Å²) in [6.45, 7) is 0. The first-order valence-electron chi connectivity index (χ1n) is 21.1. The molecule has 62 heavy (non-hydrogen) atoms. The number of aromatic nitrogens is 4. The lowest BCUT2D eigenvalue weighted by Crippen LogP contribution is -2.21. The molecule has 0 bridgehead atoms. The highest BCUT2D eigenvalue weighted by molar-refractivity contribution is 6.06. The number of hydrogen-bond donors (Lipinski definition) is 0. The molecule has 1 aliphatic carbocycles. The van der Waals surface area contributed by atoms with E-state index in [0.29, 0.717) is 5.82 Å². The van der Waals surface area contributed by atoms with Crippen molar-refractivity contribution in [3.05, 3.63) is 230 Å². The Morgan fingerprint density at radius 3 is 1.84 bits per heavy atom. The first-order chi connectivity index (χ1) is 30.7. The summed E-state index contributed by atoms with van der Waals surface area (Å²) in [7, 11) is 0. The minimum Gasteiger partial charge on any atom is -0.456 e. The summed E-state index contributed by atoms with van der Waals surface area (Å²) in [6, 6.07) is 65.6. The average molecular weight is 795 g/mol. The number of fused-ring (bicyclic) bond motifs is 6. The van der Waals surface area contributed by atoms with Crippen molar-refractivity contribution in [1.82, 2.24) is 19.7 Å². The monoisotopic (exact) mass is 794 g/mol. The molecule has 10 aromatic rings. The molecule has 12 rings (SSSR count). The lowest BCUT2D eigenvalue weighted by atomic mass is 9.79. The molecule has 0 fully saturated rings. The second-order valence-electron chi connectivity index (χ2n) is 16.0. The molecular formula is C57H38N4O. The van der Waals surface area contributed by atoms with Gasteiger partial charge in [0.15, 0.2) is 5.82 Å². The molecule has 2 aliphatic rings. The predicted molar refractivity (Wildman–Crippen MR) is 252 cm³/mol. The zero-order valence-corrected chi connectivity index (χ0v) is 33.6. The SMILES string of the molecule is C1=CC2C=C(c3ccccc3)n3nc(-c4ccccc4)c(-c4cccc(-c5cc(-c6ccccc6)nc(-c6cccc(-c7ccc8oc9ccccc9c8c7)c6)n5)c4)c3C2C=C1. The second-order valence-corrected chi connectivity index (χ2v) is 16.0. The maximum atomic E-state index is 6.15. The molecule has 5 heteroatoms. The van der Waals surface area contributed by atoms with Crippen LogP contribution in [0.4, 0.5) is 0 Å². The van der Waals surface area contributed by atoms with Crippen molar-refractivity contribution in [1.29, 1.82) is 0 Å². The molecule has 292 valence electrons. The van der Waals surface area contributed by atoms with Crippen LogP contribution in [0.25, 0.3) is 95.0 Å². The zero-order valence-electron chi connectivity index (χ0n) is 33.6. The van der Waals surface area contributed by atoms with Gasteiger partial charge in [0.05, 0.1) is 22.8 Å². The Morgan fingerprint density at radius 1 is 0.435 bits per heavy atom. The summed E-state index contributed by atoms with van der Waals surface area (Å²) in [5.74, 6) is 0.974. The first kappa shape index (κ1) is 35.8. The number of hydrogen-bond acceptors (Lipinski definition) is 4. The molecule has 0 spiro atoms. The van der Waals surface area contributed by atoms with Gasteiger partial charge in [0, 0.05) is 50.4 Å². The maximum Gasteiger partial charge on any atom is 0.160 e. The lowest BCUT2D eigenvalue weighted by molar-refractivity contribution is 0.624. The molecule has 2 unspecified atom stereocenters. The Labute approximate surface area is 359 Å². The van der Waals surface area contributed by atoms with Crippen LogP contribution in [0, 0.1) is 5.92 Å². The molecule has 3 aromatic heterocycles. The molecule has 0 saturated heterocycles. The van der Waals surface area contributed by atoms with Gasteiger partial charge in [-0.3, -0.25) is 0 Å². The van der Waals surface area contributed by atoms with Crippen LogP contribution in [0.1, 0.15) is 17.2 Å². The summed E-state index contributed by atoms with van der Waals surface area (Å²) in [4.78, 5) is 10.6. The Morgan fingerprint density at radius 2 is 1.03 bits per heavy atom. The van der Waals surface area contributed by atoms with Gasteiger partial charge in [0.2, 0.25) is 0 Å². The Balaban J connectivity index is 1.01. The van der Waals surface area contributed by atoms with Crippen LogP contribution in [0.5, 0.6) is 0 Å². The molecule has 0 N–H and O–H groups in total. The van der Waals surface area contributed by atoms with Gasteiger partial charge >= 0.3 is 0 Å². The van der Waals surface area contributed by atoms with E-state index in [-0.39, 0.29) is 11.8 Å². The number of rotatable bonds is 7. The van der Waals surface area contributed by atoms with E-state index < -0.39 is 0 Å². The summed E-state index contributed by atoms with van der Waals surface area (Å²) < 4.78 is 8.34. The summed E-state index contributed by atoms with van der Waals surface area (Å²) in [5, 5.41) is 7.69. The summed E-state index contributed by atoms with van der Waals surface area (Å²) in [6.07, 6.45) is 11.3. The van der Waals surface area contributed by atoms with Crippen LogP contribution < -0.4 is 0 Å². The van der Waals surface area contributed by atoms with Crippen molar-refractivity contribution < 1.29 is 4.42 Å². The quantitative estimate of drug-likeness (QED) is 0.161. The van der Waals surface area contributed by atoms with Gasteiger partial charge in [-0.2, -0.15) is 5.10 Å². The van der Waals surface area contributed by atoms with E-state index in [9.17, 15) is 0 Å². The van der Waals surface area contributed by atoms with Crippen molar-refractivity contribution in [2.75, 3.05) is 0 Å². The van der Waals surface area contributed by atoms with Crippen LogP contribution in [0.2, 0.25) is 0 Å². The average Bonchev–Trinajstić information content (AvgIpc) is 3.94. The Hall–Kier alpha value is -8.15. The van der Waals surface area contributed by atoms with Crippen molar-refractivity contribution in [3.8, 4) is 67.4 Å². The molecule has 7 aromatic carbocycles. The van der Waals surface area contributed by atoms with E-state index in [0.717, 1.165) is 94.8 Å². The largest absolute Gasteiger partial charge is 0.456 e. The minimum absolute atomic E-state index is 0.117. The van der Waals surface area contributed by atoms with Crippen LogP contribution >= 0.6 is 0 Å². The van der Waals surface area contributed by atoms with Crippen molar-refractivity contribution in [3.63, 3.8) is 0 Å². The normalized spacial score (nSPS) is 15.4. The van der Waals surface area contributed by atoms with Gasteiger partial charge in [0.25, 0.3) is 0 Å². The van der Waals surface area contributed by atoms with E-state index in [1.807, 2.05) is 18.2 Å². The van der Waals surface area contributed by atoms with Gasteiger partial charge in [-0.1, -0.05) is 182 Å². The molecule has 0 saturated carbocycles. The van der Waals surface area contributed by atoms with Crippen molar-refractivity contribution in [2.45, 2.75) is 5.92 Å². The van der Waals surface area contributed by atoms with Gasteiger partial charge < -0.3 is 4.42 Å². The number of allylic oxidation sites excluding steroid dienone is 5. The van der Waals surface area contributed by atoms with E-state index in [1.165, 1.54) is 5.69 Å². The standard InChI is InChI=1S/C57H38N4O/c1-4-16-37(17-5-1)49-36-50(59-57(58-49)45-26-14-23-40(32-45)41-30-31-53-48(34-41)47-28-12-13-29-52(47)62-53)43-24-15-25-44(33-43)54-55(39-20-8-3-9-21-39)60-61-51(38-18-6-2-7-19-38)35-42-22-10-11-27-46(42)56(54)61/h1-36,42,46H. The van der Waals surface area contributed by atoms with Crippen molar-refractivity contribution in [2.24, 2.45) is 5.92 Å². The third-order valence-corrected chi connectivity index (χ3v) is 12.2. The van der Waals surface area contributed by atoms with Crippen LogP contribution in [0.3, 0.4) is 0 Å². The second kappa shape index (κ2) is 14.8. The highest BCUT2D eigenvalue weighted by Gasteiger charge is 2.35. The molecule has 2 atom stereocenters. The third kappa shape index (κ3) is 6.22. The van der Waals surface area contributed by atoms with Gasteiger partial charge in [-0.25, -0.2) is 14.6 Å². The predicted octanol–water partition coefficient (Wildman–Crippen LogP) is 14.3. The molecular weight excluding hydrogens is 757 g/mol. The fourth-order valence-electron chi connectivity index (χ4n) is 9.20. The zero-order chi connectivity index (χ0) is 41.0. The van der Waals surface area contributed by atoms with Crippen LogP contribution in [-0.2, 0) is 0 Å². The van der Waals surface area contributed by atoms with Gasteiger partial charge in [-0.15, -0.1) is 0 Å². The topological polar surface area (TPSA) is 56.7 Å². The lowest BCUT2D eigenvalue weighted by Gasteiger charge is -2.30. The third-order valence-electron chi connectivity index (χ3n) is 12.2. The molecule has 5 nitrogen and oxygen atoms in total. The molecule has 0 amide bonds. The molecule has 4 heterocycles. The van der Waals surface area contributed by atoms with Gasteiger partial charge in [-0.05, 0) is 58.7 Å². The van der Waals surface area contributed by atoms with Crippen LogP contribution in [-0.4, -0.2) is 19.7 Å². The van der Waals surface area contributed by atoms with E-state index in [2.05, 4.69) is 205 Å². The van der Waals surface area contributed by atoms with Crippen molar-refractivity contribution >= 4 is 27.6 Å². The Kier molecular flexibility index (Phi) is 8.56. The maximum absolute atomic E-state index is 6.15. The number of furan rings is 1. The highest BCUT2D eigenvalue weighted by Crippen LogP contribution is 2.48. The summed E-state index contributed by atoms with van der Waals surface area (Å²) in [5.41, 5.74) is 16.3. The first-order valence-corrected chi connectivity index (χ1v) is 21.1. The minimum atomic E-state index is 0.117.